The summed E-state index contributed by atoms with van der Waals surface area (Å²) in [6.07, 6.45) is 4.76. The minimum Gasteiger partial charge on any atom is -0.359 e. The molecule has 16 heavy (non-hydrogen) atoms. The smallest absolute Gasteiger partial charge is 0.0978 e. The molecule has 1 heterocycles. The summed E-state index contributed by atoms with van der Waals surface area (Å²) in [6, 6.07) is 6.76. The van der Waals surface area contributed by atoms with E-state index in [1.54, 1.807) is 0 Å². The van der Waals surface area contributed by atoms with E-state index in [9.17, 15) is 0 Å². The van der Waals surface area contributed by atoms with Crippen molar-refractivity contribution in [1.82, 2.24) is 9.80 Å². The molecule has 0 N–H and O–H groups in total. The van der Waals surface area contributed by atoms with E-state index in [4.69, 9.17) is 0 Å². The molecule has 86 valence electrons. The molecule has 1 aromatic carbocycles. The molecular formula is C14H20N2. The largest absolute Gasteiger partial charge is 0.359 e. The molecule has 0 radical (unpaired) electrons. The molecule has 2 nitrogen and oxygen atoms in total. The lowest BCUT2D eigenvalue weighted by Crippen LogP contribution is -2.33. The van der Waals surface area contributed by atoms with Crippen molar-refractivity contribution in [2.24, 2.45) is 0 Å². The number of hydrogen-bond acceptors (Lipinski definition) is 2. The van der Waals surface area contributed by atoms with Gasteiger partial charge < -0.3 is 9.80 Å². The predicted molar refractivity (Wildman–Crippen MR) is 67.8 cm³/mol. The van der Waals surface area contributed by atoms with Crippen molar-refractivity contribution in [3.05, 3.63) is 47.3 Å². The Morgan fingerprint density at radius 1 is 1.06 bits per heavy atom. The SMILES string of the molecule is Cc1cc(C)cc(CN2C=CN(C)C2C)c1. The van der Waals surface area contributed by atoms with Gasteiger partial charge in [-0.3, -0.25) is 0 Å². The maximum Gasteiger partial charge on any atom is 0.0978 e. The summed E-state index contributed by atoms with van der Waals surface area (Å²) in [5.74, 6) is 0. The van der Waals surface area contributed by atoms with Crippen molar-refractivity contribution in [3.63, 3.8) is 0 Å². The summed E-state index contributed by atoms with van der Waals surface area (Å²) in [5, 5.41) is 0. The van der Waals surface area contributed by atoms with Crippen molar-refractivity contribution in [3.8, 4) is 0 Å². The minimum atomic E-state index is 0.459. The zero-order chi connectivity index (χ0) is 11.7. The van der Waals surface area contributed by atoms with Gasteiger partial charge in [0.05, 0.1) is 6.17 Å². The fourth-order valence-electron chi connectivity index (χ4n) is 2.23. The van der Waals surface area contributed by atoms with E-state index in [2.05, 4.69) is 68.2 Å². The standard InChI is InChI=1S/C14H20N2/c1-11-7-12(2)9-14(8-11)10-16-6-5-15(4)13(16)3/h5-9,13H,10H2,1-4H3. The maximum atomic E-state index is 2.36. The van der Waals surface area contributed by atoms with Crippen molar-refractivity contribution < 1.29 is 0 Å². The van der Waals surface area contributed by atoms with Crippen LogP contribution in [0.5, 0.6) is 0 Å². The molecule has 1 atom stereocenters. The minimum absolute atomic E-state index is 0.459. The van der Waals surface area contributed by atoms with Gasteiger partial charge in [-0.2, -0.15) is 0 Å². The van der Waals surface area contributed by atoms with Gasteiger partial charge in [0.25, 0.3) is 0 Å². The van der Waals surface area contributed by atoms with Crippen LogP contribution in [-0.2, 0) is 6.54 Å². The third kappa shape index (κ3) is 2.21. The van der Waals surface area contributed by atoms with E-state index in [0.717, 1.165) is 6.54 Å². The number of rotatable bonds is 2. The van der Waals surface area contributed by atoms with Crippen LogP contribution in [0.1, 0.15) is 23.6 Å². The maximum absolute atomic E-state index is 2.36. The molecule has 0 aromatic heterocycles. The molecule has 2 heteroatoms. The highest BCUT2D eigenvalue weighted by Gasteiger charge is 2.18. The number of hydrogen-bond donors (Lipinski definition) is 0. The summed E-state index contributed by atoms with van der Waals surface area (Å²) in [5.41, 5.74) is 4.09. The highest BCUT2D eigenvalue weighted by Crippen LogP contribution is 2.18. The van der Waals surface area contributed by atoms with Gasteiger partial charge in [-0.05, 0) is 26.3 Å². The molecule has 1 aliphatic rings. The van der Waals surface area contributed by atoms with Crippen molar-refractivity contribution in [1.29, 1.82) is 0 Å². The Labute approximate surface area is 98.2 Å². The van der Waals surface area contributed by atoms with Crippen LogP contribution in [0.25, 0.3) is 0 Å². The first-order valence-electron chi connectivity index (χ1n) is 5.79. The fourth-order valence-corrected chi connectivity index (χ4v) is 2.23. The first-order chi connectivity index (χ1) is 7.56. The molecule has 0 amide bonds. The van der Waals surface area contributed by atoms with Crippen LogP contribution < -0.4 is 0 Å². The molecule has 0 spiro atoms. The van der Waals surface area contributed by atoms with Crippen LogP contribution in [0.2, 0.25) is 0 Å². The zero-order valence-electron chi connectivity index (χ0n) is 10.6. The van der Waals surface area contributed by atoms with Gasteiger partial charge in [0.1, 0.15) is 0 Å². The van der Waals surface area contributed by atoms with Gasteiger partial charge in [-0.25, -0.2) is 0 Å². The summed E-state index contributed by atoms with van der Waals surface area (Å²) >= 11 is 0. The Balaban J connectivity index is 2.12. The van der Waals surface area contributed by atoms with Crippen molar-refractivity contribution in [2.45, 2.75) is 33.5 Å². The van der Waals surface area contributed by atoms with Crippen LogP contribution >= 0.6 is 0 Å². The molecule has 0 fully saturated rings. The molecule has 0 saturated heterocycles. The summed E-state index contributed by atoms with van der Waals surface area (Å²) < 4.78 is 0. The summed E-state index contributed by atoms with van der Waals surface area (Å²) in [6.45, 7) is 7.53. The van der Waals surface area contributed by atoms with Crippen LogP contribution in [0, 0.1) is 13.8 Å². The lowest BCUT2D eigenvalue weighted by atomic mass is 10.1. The predicted octanol–water partition coefficient (Wildman–Crippen LogP) is 2.87. The summed E-state index contributed by atoms with van der Waals surface area (Å²) in [7, 11) is 2.11. The van der Waals surface area contributed by atoms with Gasteiger partial charge in [-0.15, -0.1) is 0 Å². The van der Waals surface area contributed by atoms with Crippen molar-refractivity contribution in [2.75, 3.05) is 7.05 Å². The fraction of sp³-hybridized carbons (Fsp3) is 0.429. The first kappa shape index (κ1) is 11.1. The molecule has 0 aliphatic carbocycles. The van der Waals surface area contributed by atoms with Gasteiger partial charge >= 0.3 is 0 Å². The topological polar surface area (TPSA) is 6.48 Å². The van der Waals surface area contributed by atoms with E-state index in [1.807, 2.05) is 0 Å². The Kier molecular flexibility index (Phi) is 2.90. The Morgan fingerprint density at radius 3 is 2.19 bits per heavy atom. The third-order valence-corrected chi connectivity index (χ3v) is 3.21. The number of nitrogens with zero attached hydrogens (tertiary/aromatic N) is 2. The normalized spacial score (nSPS) is 19.6. The molecule has 1 aliphatic heterocycles. The molecule has 1 aromatic rings. The quantitative estimate of drug-likeness (QED) is 0.750. The van der Waals surface area contributed by atoms with Gasteiger partial charge in [-0.1, -0.05) is 29.3 Å². The average Bonchev–Trinajstić information content (AvgIpc) is 2.48. The van der Waals surface area contributed by atoms with Crippen molar-refractivity contribution >= 4 is 0 Å². The molecule has 0 saturated carbocycles. The van der Waals surface area contributed by atoms with Crippen LogP contribution in [0.4, 0.5) is 0 Å². The summed E-state index contributed by atoms with van der Waals surface area (Å²) in [4.78, 5) is 4.58. The zero-order valence-corrected chi connectivity index (χ0v) is 10.6. The lowest BCUT2D eigenvalue weighted by Gasteiger charge is -2.27. The molecule has 2 rings (SSSR count). The van der Waals surface area contributed by atoms with E-state index in [-0.39, 0.29) is 0 Å². The average molecular weight is 216 g/mol. The second-order valence-electron chi connectivity index (χ2n) is 4.76. The highest BCUT2D eigenvalue weighted by atomic mass is 15.4. The van der Waals surface area contributed by atoms with E-state index >= 15 is 0 Å². The van der Waals surface area contributed by atoms with E-state index in [1.165, 1.54) is 16.7 Å². The third-order valence-electron chi connectivity index (χ3n) is 3.21. The second-order valence-corrected chi connectivity index (χ2v) is 4.76. The monoisotopic (exact) mass is 216 g/mol. The Hall–Kier alpha value is -1.44. The number of benzene rings is 1. The van der Waals surface area contributed by atoms with Gasteiger partial charge in [0.15, 0.2) is 0 Å². The second kappa shape index (κ2) is 4.20. The van der Waals surface area contributed by atoms with E-state index < -0.39 is 0 Å². The first-order valence-corrected chi connectivity index (χ1v) is 5.79. The molecule has 0 bridgehead atoms. The molecular weight excluding hydrogens is 196 g/mol. The van der Waals surface area contributed by atoms with Crippen LogP contribution in [-0.4, -0.2) is 23.0 Å². The Morgan fingerprint density at radius 2 is 1.69 bits per heavy atom. The van der Waals surface area contributed by atoms with Gasteiger partial charge in [0.2, 0.25) is 0 Å². The lowest BCUT2D eigenvalue weighted by molar-refractivity contribution is 0.189. The van der Waals surface area contributed by atoms with Crippen LogP contribution in [0.15, 0.2) is 30.6 Å². The van der Waals surface area contributed by atoms with E-state index in [0.29, 0.717) is 6.17 Å². The Bertz CT molecular complexity index is 389. The van der Waals surface area contributed by atoms with Gasteiger partial charge in [0, 0.05) is 26.0 Å². The molecule has 1 unspecified atom stereocenters. The van der Waals surface area contributed by atoms with Crippen LogP contribution in [0.3, 0.4) is 0 Å². The highest BCUT2D eigenvalue weighted by molar-refractivity contribution is 5.28. The number of aryl methyl sites for hydroxylation is 2.